The average molecular weight is 273 g/mol. The van der Waals surface area contributed by atoms with E-state index in [0.717, 1.165) is 5.69 Å². The van der Waals surface area contributed by atoms with Crippen LogP contribution in [0.1, 0.15) is 16.1 Å². The van der Waals surface area contributed by atoms with Gasteiger partial charge in [0.1, 0.15) is 5.56 Å². The molecule has 0 radical (unpaired) electrons. The normalized spacial score (nSPS) is 10.1. The summed E-state index contributed by atoms with van der Waals surface area (Å²) < 4.78 is 0. The van der Waals surface area contributed by atoms with Gasteiger partial charge in [-0.1, -0.05) is 0 Å². The molecule has 0 atom stereocenters. The number of amides is 1. The molecule has 0 saturated heterocycles. The quantitative estimate of drug-likeness (QED) is 0.681. The highest BCUT2D eigenvalue weighted by atomic mass is 16.2. The van der Waals surface area contributed by atoms with Gasteiger partial charge in [0.15, 0.2) is 0 Å². The van der Waals surface area contributed by atoms with Gasteiger partial charge in [0, 0.05) is 31.2 Å². The second-order valence-corrected chi connectivity index (χ2v) is 4.14. The number of hydrogen-bond donors (Lipinski definition) is 3. The zero-order valence-electron chi connectivity index (χ0n) is 11.0. The first-order valence-electron chi connectivity index (χ1n) is 6.16. The number of aromatic nitrogens is 3. The molecule has 1 amide bonds. The lowest BCUT2D eigenvalue weighted by Crippen LogP contribution is -2.33. The molecule has 20 heavy (non-hydrogen) atoms. The third-order valence-corrected chi connectivity index (χ3v) is 2.56. The molecular weight excluding hydrogens is 258 g/mol. The Labute approximate surface area is 115 Å². The number of aryl methyl sites for hydroxylation is 1. The van der Waals surface area contributed by atoms with E-state index in [-0.39, 0.29) is 11.1 Å². The van der Waals surface area contributed by atoms with Crippen LogP contribution >= 0.6 is 0 Å². The topological polar surface area (TPSA) is 99.8 Å². The number of nitrogens with zero attached hydrogens (tertiary/aromatic N) is 2. The summed E-state index contributed by atoms with van der Waals surface area (Å²) in [4.78, 5) is 33.9. The summed E-state index contributed by atoms with van der Waals surface area (Å²) >= 11 is 0. The van der Waals surface area contributed by atoms with E-state index in [2.05, 4.69) is 25.6 Å². The van der Waals surface area contributed by atoms with E-state index in [1.165, 1.54) is 6.07 Å². The molecule has 104 valence electrons. The van der Waals surface area contributed by atoms with Crippen molar-refractivity contribution < 1.29 is 4.79 Å². The monoisotopic (exact) mass is 273 g/mol. The minimum atomic E-state index is -0.401. The van der Waals surface area contributed by atoms with Crippen molar-refractivity contribution in [1.82, 2.24) is 20.3 Å². The van der Waals surface area contributed by atoms with Crippen molar-refractivity contribution >= 4 is 11.9 Å². The van der Waals surface area contributed by atoms with Crippen molar-refractivity contribution in [2.75, 3.05) is 18.4 Å². The summed E-state index contributed by atoms with van der Waals surface area (Å²) in [5, 5.41) is 5.60. The van der Waals surface area contributed by atoms with Crippen molar-refractivity contribution in [2.45, 2.75) is 6.92 Å². The minimum Gasteiger partial charge on any atom is -0.352 e. The van der Waals surface area contributed by atoms with Gasteiger partial charge in [-0.05, 0) is 25.1 Å². The molecular formula is C13H15N5O2. The highest BCUT2D eigenvalue weighted by molar-refractivity contribution is 5.93. The number of carbonyl (C=O) groups is 1. The van der Waals surface area contributed by atoms with Crippen LogP contribution in [0.2, 0.25) is 0 Å². The van der Waals surface area contributed by atoms with Gasteiger partial charge in [-0.25, -0.2) is 9.97 Å². The van der Waals surface area contributed by atoms with Crippen LogP contribution in [0.25, 0.3) is 0 Å². The van der Waals surface area contributed by atoms with Gasteiger partial charge < -0.3 is 15.6 Å². The highest BCUT2D eigenvalue weighted by Gasteiger charge is 2.09. The third kappa shape index (κ3) is 3.64. The summed E-state index contributed by atoms with van der Waals surface area (Å²) in [5.41, 5.74) is 0.433. The largest absolute Gasteiger partial charge is 0.352 e. The fourth-order valence-electron chi connectivity index (χ4n) is 1.59. The molecule has 3 N–H and O–H groups in total. The van der Waals surface area contributed by atoms with Crippen molar-refractivity contribution in [2.24, 2.45) is 0 Å². The maximum Gasteiger partial charge on any atom is 0.260 e. The first-order valence-corrected chi connectivity index (χ1v) is 6.16. The van der Waals surface area contributed by atoms with E-state index in [1.54, 1.807) is 31.5 Å². The predicted octanol–water partition coefficient (Wildman–Crippen LogP) is 0.315. The number of pyridine rings is 1. The molecule has 0 aromatic carbocycles. The summed E-state index contributed by atoms with van der Waals surface area (Å²) in [6.45, 7) is 2.59. The molecule has 0 spiro atoms. The molecule has 0 aliphatic heterocycles. The van der Waals surface area contributed by atoms with E-state index in [1.807, 2.05) is 0 Å². The zero-order chi connectivity index (χ0) is 14.4. The Kier molecular flexibility index (Phi) is 4.43. The molecule has 0 unspecified atom stereocenters. The fraction of sp³-hybridized carbons (Fsp3) is 0.231. The Balaban J connectivity index is 1.82. The second kappa shape index (κ2) is 6.46. The van der Waals surface area contributed by atoms with Gasteiger partial charge in [-0.3, -0.25) is 9.59 Å². The number of nitrogens with one attached hydrogen (secondary N) is 3. The first-order chi connectivity index (χ1) is 9.66. The molecule has 0 fully saturated rings. The standard InChI is InChI=1S/C13H15N5O2/c1-9-3-4-10(12(20)18-9)11(19)14-7-8-17-13-15-5-2-6-16-13/h2-6H,7-8H2,1H3,(H,14,19)(H,18,20)(H,15,16,17). The Morgan fingerprint density at radius 3 is 2.70 bits per heavy atom. The lowest BCUT2D eigenvalue weighted by atomic mass is 10.2. The molecule has 2 rings (SSSR count). The Hall–Kier alpha value is -2.70. The fourth-order valence-corrected chi connectivity index (χ4v) is 1.59. The van der Waals surface area contributed by atoms with Crippen molar-refractivity contribution in [3.8, 4) is 0 Å². The van der Waals surface area contributed by atoms with Gasteiger partial charge in [0.05, 0.1) is 0 Å². The van der Waals surface area contributed by atoms with Gasteiger partial charge in [0.25, 0.3) is 11.5 Å². The summed E-state index contributed by atoms with van der Waals surface area (Å²) in [7, 11) is 0. The lowest BCUT2D eigenvalue weighted by molar-refractivity contribution is 0.0953. The minimum absolute atomic E-state index is 0.103. The van der Waals surface area contributed by atoms with Crippen LogP contribution in [-0.2, 0) is 0 Å². The summed E-state index contributed by atoms with van der Waals surface area (Å²) in [5.74, 6) is 0.0944. The maximum absolute atomic E-state index is 11.8. The molecule has 0 saturated carbocycles. The van der Waals surface area contributed by atoms with Crippen molar-refractivity contribution in [3.05, 3.63) is 52.2 Å². The lowest BCUT2D eigenvalue weighted by Gasteiger charge is -2.06. The molecule has 0 bridgehead atoms. The average Bonchev–Trinajstić information content (AvgIpc) is 2.44. The number of H-pyrrole nitrogens is 1. The van der Waals surface area contributed by atoms with Crippen molar-refractivity contribution in [3.63, 3.8) is 0 Å². The van der Waals surface area contributed by atoms with E-state index in [4.69, 9.17) is 0 Å². The molecule has 2 aromatic rings. The van der Waals surface area contributed by atoms with Crippen LogP contribution in [0, 0.1) is 6.92 Å². The molecule has 2 heterocycles. The predicted molar refractivity (Wildman–Crippen MR) is 74.7 cm³/mol. The van der Waals surface area contributed by atoms with E-state index < -0.39 is 5.91 Å². The Bertz CT molecular complexity index is 639. The van der Waals surface area contributed by atoms with Crippen LogP contribution < -0.4 is 16.2 Å². The van der Waals surface area contributed by atoms with E-state index >= 15 is 0 Å². The Morgan fingerprint density at radius 1 is 1.25 bits per heavy atom. The summed E-state index contributed by atoms with van der Waals surface area (Å²) in [6, 6.07) is 4.92. The molecule has 0 aliphatic carbocycles. The zero-order valence-corrected chi connectivity index (χ0v) is 11.0. The van der Waals surface area contributed by atoms with Crippen LogP contribution in [0.15, 0.2) is 35.4 Å². The van der Waals surface area contributed by atoms with Gasteiger partial charge >= 0.3 is 0 Å². The van der Waals surface area contributed by atoms with Gasteiger partial charge in [-0.15, -0.1) is 0 Å². The molecule has 0 aliphatic rings. The van der Waals surface area contributed by atoms with E-state index in [9.17, 15) is 9.59 Å². The smallest absolute Gasteiger partial charge is 0.260 e. The van der Waals surface area contributed by atoms with Gasteiger partial charge in [-0.2, -0.15) is 0 Å². The first kappa shape index (κ1) is 13.7. The third-order valence-electron chi connectivity index (χ3n) is 2.56. The SMILES string of the molecule is Cc1ccc(C(=O)NCCNc2ncccn2)c(=O)[nH]1. The highest BCUT2D eigenvalue weighted by Crippen LogP contribution is 1.94. The Morgan fingerprint density at radius 2 is 2.00 bits per heavy atom. The van der Waals surface area contributed by atoms with E-state index in [0.29, 0.717) is 19.0 Å². The number of anilines is 1. The molecule has 7 nitrogen and oxygen atoms in total. The summed E-state index contributed by atoms with van der Waals surface area (Å²) in [6.07, 6.45) is 3.25. The van der Waals surface area contributed by atoms with Crippen LogP contribution in [0.4, 0.5) is 5.95 Å². The van der Waals surface area contributed by atoms with Crippen molar-refractivity contribution in [1.29, 1.82) is 0 Å². The van der Waals surface area contributed by atoms with Crippen LogP contribution in [0.5, 0.6) is 0 Å². The number of aromatic amines is 1. The van der Waals surface area contributed by atoms with Crippen LogP contribution in [0.3, 0.4) is 0 Å². The second-order valence-electron chi connectivity index (χ2n) is 4.14. The number of rotatable bonds is 5. The maximum atomic E-state index is 11.8. The number of carbonyl (C=O) groups excluding carboxylic acids is 1. The molecule has 2 aromatic heterocycles. The van der Waals surface area contributed by atoms with Crippen LogP contribution in [-0.4, -0.2) is 33.9 Å². The number of hydrogen-bond acceptors (Lipinski definition) is 5. The molecule has 7 heteroatoms. The van der Waals surface area contributed by atoms with Gasteiger partial charge in [0.2, 0.25) is 5.95 Å².